The Kier molecular flexibility index (Phi) is 2.83. The van der Waals surface area contributed by atoms with Crippen molar-refractivity contribution in [3.05, 3.63) is 78.5 Å². The summed E-state index contributed by atoms with van der Waals surface area (Å²) >= 11 is 0. The number of fused-ring (bicyclic) bond motifs is 2. The van der Waals surface area contributed by atoms with E-state index in [1.165, 1.54) is 6.20 Å². The molecule has 0 bridgehead atoms. The summed E-state index contributed by atoms with van der Waals surface area (Å²) in [7, 11) is 1.84. The maximum Gasteiger partial charge on any atom is 0.153 e. The van der Waals surface area contributed by atoms with E-state index in [1.54, 1.807) is 21.5 Å². The molecular formula is C20H16N6. The second-order valence-corrected chi connectivity index (χ2v) is 6.05. The van der Waals surface area contributed by atoms with E-state index in [-0.39, 0.29) is 0 Å². The van der Waals surface area contributed by atoms with Crippen molar-refractivity contribution < 1.29 is 2.74 Å². The molecular weight excluding hydrogens is 324 g/mol. The van der Waals surface area contributed by atoms with Crippen LogP contribution in [0.25, 0.3) is 27.8 Å². The van der Waals surface area contributed by atoms with Gasteiger partial charge in [-0.2, -0.15) is 10.2 Å². The van der Waals surface area contributed by atoms with Crippen LogP contribution in [-0.4, -0.2) is 29.4 Å². The Morgan fingerprint density at radius 2 is 1.96 bits per heavy atom. The van der Waals surface area contributed by atoms with Gasteiger partial charge in [0.15, 0.2) is 5.65 Å². The van der Waals surface area contributed by atoms with Crippen LogP contribution in [0.3, 0.4) is 0 Å². The molecule has 0 aliphatic rings. The minimum atomic E-state index is -1.86. The van der Waals surface area contributed by atoms with Gasteiger partial charge in [-0.1, -0.05) is 24.3 Å². The molecule has 1 aromatic carbocycles. The third kappa shape index (κ3) is 2.52. The number of nitrogens with zero attached hydrogens (tertiary/aromatic N) is 6. The molecule has 0 N–H and O–H groups in total. The van der Waals surface area contributed by atoms with E-state index in [0.717, 1.165) is 16.5 Å². The number of imidazole rings is 1. The van der Waals surface area contributed by atoms with Crippen molar-refractivity contribution in [2.24, 2.45) is 7.05 Å². The van der Waals surface area contributed by atoms with Gasteiger partial charge in [0.1, 0.15) is 0 Å². The van der Waals surface area contributed by atoms with Crippen molar-refractivity contribution in [1.82, 2.24) is 29.4 Å². The standard InChI is InChI=1S/C20H16N6/c1-25-13-15(11-22-25)19-8-9-20-21-12-17(26(20)24-19)10-16-7-6-14-4-2-3-5-18(14)23-16/h2-9,11-13H,10H2,1H3/i10D2. The quantitative estimate of drug-likeness (QED) is 0.505. The molecule has 6 heteroatoms. The van der Waals surface area contributed by atoms with Gasteiger partial charge < -0.3 is 0 Å². The molecule has 5 rings (SSSR count). The molecule has 0 fully saturated rings. The van der Waals surface area contributed by atoms with Gasteiger partial charge in [-0.15, -0.1) is 0 Å². The molecule has 0 aliphatic carbocycles. The first-order valence-electron chi connectivity index (χ1n) is 9.23. The lowest BCUT2D eigenvalue weighted by Crippen LogP contribution is -2.01. The average molecular weight is 342 g/mol. The van der Waals surface area contributed by atoms with Crippen LogP contribution < -0.4 is 0 Å². The van der Waals surface area contributed by atoms with E-state index in [0.29, 0.717) is 22.7 Å². The highest BCUT2D eigenvalue weighted by Gasteiger charge is 2.10. The largest absolute Gasteiger partial charge is 0.275 e. The minimum absolute atomic E-state index is 0.321. The minimum Gasteiger partial charge on any atom is -0.275 e. The van der Waals surface area contributed by atoms with Crippen LogP contribution in [0.4, 0.5) is 0 Å². The first kappa shape index (κ1) is 12.8. The molecule has 0 saturated heterocycles. The molecule has 0 radical (unpaired) electrons. The maximum atomic E-state index is 8.75. The maximum absolute atomic E-state index is 8.75. The van der Waals surface area contributed by atoms with Crippen molar-refractivity contribution >= 4 is 16.6 Å². The second kappa shape index (κ2) is 5.77. The van der Waals surface area contributed by atoms with Crippen LogP contribution in [0.15, 0.2) is 67.1 Å². The van der Waals surface area contributed by atoms with Crippen molar-refractivity contribution in [3.63, 3.8) is 0 Å². The van der Waals surface area contributed by atoms with Gasteiger partial charge in [0.05, 0.1) is 29.3 Å². The molecule has 0 spiro atoms. The third-order valence-corrected chi connectivity index (χ3v) is 4.22. The Balaban J connectivity index is 1.65. The zero-order valence-corrected chi connectivity index (χ0v) is 14.0. The summed E-state index contributed by atoms with van der Waals surface area (Å²) in [5, 5.41) is 9.75. The number of rotatable bonds is 3. The number of aryl methyl sites for hydroxylation is 1. The van der Waals surface area contributed by atoms with Gasteiger partial charge in [-0.05, 0) is 24.3 Å². The summed E-state index contributed by atoms with van der Waals surface area (Å²) in [6.45, 7) is 0. The van der Waals surface area contributed by atoms with Gasteiger partial charge in [0.2, 0.25) is 0 Å². The molecule has 0 atom stereocenters. The van der Waals surface area contributed by atoms with Crippen molar-refractivity contribution in [1.29, 1.82) is 0 Å². The van der Waals surface area contributed by atoms with Gasteiger partial charge in [0.25, 0.3) is 0 Å². The lowest BCUT2D eigenvalue weighted by molar-refractivity contribution is 0.768. The Morgan fingerprint density at radius 1 is 1.04 bits per heavy atom. The fraction of sp³-hybridized carbons (Fsp3) is 0.100. The number of hydrogen-bond donors (Lipinski definition) is 0. The molecule has 0 unspecified atom stereocenters. The Bertz CT molecular complexity index is 1320. The lowest BCUT2D eigenvalue weighted by atomic mass is 10.1. The summed E-state index contributed by atoms with van der Waals surface area (Å²) in [6.07, 6.45) is 3.25. The second-order valence-electron chi connectivity index (χ2n) is 6.05. The zero-order chi connectivity index (χ0) is 19.3. The predicted octanol–water partition coefficient (Wildman–Crippen LogP) is 3.27. The Morgan fingerprint density at radius 3 is 2.85 bits per heavy atom. The molecule has 126 valence electrons. The molecule has 0 amide bonds. The van der Waals surface area contributed by atoms with Crippen molar-refractivity contribution in [2.45, 2.75) is 6.37 Å². The van der Waals surface area contributed by atoms with E-state index in [9.17, 15) is 0 Å². The Hall–Kier alpha value is -3.54. The third-order valence-electron chi connectivity index (χ3n) is 4.22. The molecule has 0 saturated carbocycles. The highest BCUT2D eigenvalue weighted by atomic mass is 15.3. The van der Waals surface area contributed by atoms with Gasteiger partial charge in [-0.25, -0.2) is 9.50 Å². The number of benzene rings is 1. The zero-order valence-electron chi connectivity index (χ0n) is 16.0. The van der Waals surface area contributed by atoms with Crippen LogP contribution in [0, 0.1) is 0 Å². The van der Waals surface area contributed by atoms with Gasteiger partial charge in [0, 0.05) is 39.0 Å². The van der Waals surface area contributed by atoms with E-state index < -0.39 is 6.37 Å². The number of hydrogen-bond acceptors (Lipinski definition) is 4. The van der Waals surface area contributed by atoms with E-state index in [4.69, 9.17) is 2.74 Å². The summed E-state index contributed by atoms with van der Waals surface area (Å²) < 4.78 is 20.7. The lowest BCUT2D eigenvalue weighted by Gasteiger charge is -2.04. The molecule has 4 heterocycles. The normalized spacial score (nSPS) is 13.1. The van der Waals surface area contributed by atoms with Crippen LogP contribution >= 0.6 is 0 Å². The summed E-state index contributed by atoms with van der Waals surface area (Å²) in [5.74, 6) is 0. The van der Waals surface area contributed by atoms with E-state index in [2.05, 4.69) is 20.2 Å². The van der Waals surface area contributed by atoms with Crippen molar-refractivity contribution in [3.8, 4) is 11.3 Å². The summed E-state index contributed by atoms with van der Waals surface area (Å²) in [5.41, 5.74) is 3.53. The topological polar surface area (TPSA) is 60.9 Å². The number of aromatic nitrogens is 6. The number of para-hydroxylation sites is 1. The Labute approximate surface area is 152 Å². The molecule has 6 nitrogen and oxygen atoms in total. The molecule has 4 aromatic heterocycles. The van der Waals surface area contributed by atoms with E-state index >= 15 is 0 Å². The van der Waals surface area contributed by atoms with Crippen molar-refractivity contribution in [2.75, 3.05) is 0 Å². The van der Waals surface area contributed by atoms with Crippen LogP contribution in [0.1, 0.15) is 14.1 Å². The van der Waals surface area contributed by atoms with Crippen LogP contribution in [0.5, 0.6) is 0 Å². The van der Waals surface area contributed by atoms with Crippen LogP contribution in [0.2, 0.25) is 0 Å². The fourth-order valence-electron chi connectivity index (χ4n) is 2.93. The average Bonchev–Trinajstić information content (AvgIpc) is 3.33. The highest BCUT2D eigenvalue weighted by Crippen LogP contribution is 2.19. The summed E-state index contributed by atoms with van der Waals surface area (Å²) in [4.78, 5) is 8.86. The predicted molar refractivity (Wildman–Crippen MR) is 99.7 cm³/mol. The first-order valence-corrected chi connectivity index (χ1v) is 8.23. The highest BCUT2D eigenvalue weighted by molar-refractivity contribution is 5.78. The molecule has 0 aliphatic heterocycles. The number of pyridine rings is 1. The van der Waals surface area contributed by atoms with E-state index in [1.807, 2.05) is 55.7 Å². The fourth-order valence-corrected chi connectivity index (χ4v) is 2.93. The van der Waals surface area contributed by atoms with Gasteiger partial charge in [-0.3, -0.25) is 9.67 Å². The summed E-state index contributed by atoms with van der Waals surface area (Å²) in [6, 6.07) is 14.9. The monoisotopic (exact) mass is 342 g/mol. The molecule has 5 aromatic rings. The van der Waals surface area contributed by atoms with Crippen LogP contribution in [-0.2, 0) is 13.4 Å². The van der Waals surface area contributed by atoms with Gasteiger partial charge >= 0.3 is 0 Å². The smallest absolute Gasteiger partial charge is 0.153 e. The first-order chi connectivity index (χ1) is 13.5. The molecule has 26 heavy (non-hydrogen) atoms. The SMILES string of the molecule is [2H]C([2H])(c1ccc2ccccc2n1)c1cnc2ccc(-c3cnn(C)c3)nn12.